The summed E-state index contributed by atoms with van der Waals surface area (Å²) in [4.78, 5) is 16.0. The number of halogens is 2. The summed E-state index contributed by atoms with van der Waals surface area (Å²) in [6.07, 6.45) is 6.86. The van der Waals surface area contributed by atoms with Gasteiger partial charge < -0.3 is 10.4 Å². The summed E-state index contributed by atoms with van der Waals surface area (Å²) in [5.41, 5.74) is 4.07. The first-order valence-corrected chi connectivity index (χ1v) is 9.00. The number of hydrogen-bond donors (Lipinski definition) is 2. The van der Waals surface area contributed by atoms with E-state index in [2.05, 4.69) is 10.3 Å². The van der Waals surface area contributed by atoms with E-state index in [1.807, 2.05) is 6.92 Å². The number of aliphatic imine (C=N–C) groups is 1. The summed E-state index contributed by atoms with van der Waals surface area (Å²) in [6, 6.07) is 0. The number of carbonyl (C=O) groups is 1. The van der Waals surface area contributed by atoms with Gasteiger partial charge in [0, 0.05) is 17.6 Å². The third-order valence-corrected chi connectivity index (χ3v) is 5.55. The summed E-state index contributed by atoms with van der Waals surface area (Å²) in [5, 5.41) is 13.0. The Bertz CT molecular complexity index is 757. The van der Waals surface area contributed by atoms with E-state index >= 15 is 0 Å². The fraction of sp³-hybridized carbons (Fsp3) is 0.474. The van der Waals surface area contributed by atoms with Crippen LogP contribution in [0.25, 0.3) is 0 Å². The highest BCUT2D eigenvalue weighted by Crippen LogP contribution is 2.54. The molecule has 3 rings (SSSR count). The molecule has 2 N–H and O–H groups in total. The topological polar surface area (TPSA) is 61.7 Å². The second-order valence-corrected chi connectivity index (χ2v) is 7.14. The van der Waals surface area contributed by atoms with Crippen molar-refractivity contribution < 1.29 is 14.3 Å². The van der Waals surface area contributed by atoms with Gasteiger partial charge in [-0.15, -0.1) is 0 Å². The third-order valence-electron chi connectivity index (χ3n) is 5.18. The van der Waals surface area contributed by atoms with Gasteiger partial charge in [-0.3, -0.25) is 4.99 Å². The van der Waals surface area contributed by atoms with Crippen molar-refractivity contribution in [1.82, 2.24) is 5.32 Å². The van der Waals surface area contributed by atoms with E-state index in [9.17, 15) is 14.3 Å². The molecule has 2 atom stereocenters. The smallest absolute Gasteiger partial charge is 0.337 e. The minimum atomic E-state index is -0.921. The molecule has 0 amide bonds. The van der Waals surface area contributed by atoms with Crippen LogP contribution in [0.5, 0.6) is 0 Å². The molecule has 25 heavy (non-hydrogen) atoms. The van der Waals surface area contributed by atoms with Gasteiger partial charge in [0.1, 0.15) is 5.83 Å². The van der Waals surface area contributed by atoms with E-state index in [4.69, 9.17) is 11.6 Å². The standard InChI is InChI=1S/C19H22ClFN2O2/c1-3-13(7-15(20)10(2)21)23-16-9-22-8-14(19(24)25)17-11-4-5-12(6-11)18(16)17/h7-8,11-12,23H,3-6,9H2,1-2H3,(H,24,25)/b13-7+,15-10-. The van der Waals surface area contributed by atoms with Gasteiger partial charge in [-0.1, -0.05) is 18.5 Å². The van der Waals surface area contributed by atoms with E-state index < -0.39 is 11.8 Å². The maximum absolute atomic E-state index is 13.3. The fourth-order valence-corrected chi connectivity index (χ4v) is 4.18. The Morgan fingerprint density at radius 1 is 1.44 bits per heavy atom. The molecule has 0 radical (unpaired) electrons. The Morgan fingerprint density at radius 2 is 2.12 bits per heavy atom. The predicted molar refractivity (Wildman–Crippen MR) is 97.0 cm³/mol. The Labute approximate surface area is 151 Å². The molecule has 2 fully saturated rings. The zero-order valence-corrected chi connectivity index (χ0v) is 15.2. The van der Waals surface area contributed by atoms with Crippen molar-refractivity contribution in [2.24, 2.45) is 16.8 Å². The highest BCUT2D eigenvalue weighted by molar-refractivity contribution is 6.31. The number of hydrogen-bond acceptors (Lipinski definition) is 3. The Balaban J connectivity index is 2.04. The monoisotopic (exact) mass is 364 g/mol. The first kappa shape index (κ1) is 17.9. The molecule has 0 saturated heterocycles. The van der Waals surface area contributed by atoms with Crippen LogP contribution < -0.4 is 5.32 Å². The van der Waals surface area contributed by atoms with Crippen molar-refractivity contribution in [2.75, 3.05) is 6.54 Å². The molecule has 1 aliphatic heterocycles. The van der Waals surface area contributed by atoms with Crippen molar-refractivity contribution in [3.63, 3.8) is 0 Å². The lowest BCUT2D eigenvalue weighted by atomic mass is 9.85. The van der Waals surface area contributed by atoms with Crippen molar-refractivity contribution >= 4 is 23.8 Å². The predicted octanol–water partition coefficient (Wildman–Crippen LogP) is 4.46. The lowest BCUT2D eigenvalue weighted by Gasteiger charge is -2.23. The minimum absolute atomic E-state index is 0.0713. The number of aliphatic carboxylic acids is 1. The Morgan fingerprint density at radius 3 is 2.72 bits per heavy atom. The molecular formula is C19H22ClFN2O2. The van der Waals surface area contributed by atoms with Crippen LogP contribution in [-0.4, -0.2) is 23.8 Å². The van der Waals surface area contributed by atoms with E-state index in [0.29, 0.717) is 30.4 Å². The molecular weight excluding hydrogens is 343 g/mol. The van der Waals surface area contributed by atoms with Gasteiger partial charge in [0.05, 0.1) is 17.2 Å². The molecule has 1 heterocycles. The fourth-order valence-electron chi connectivity index (χ4n) is 4.05. The van der Waals surface area contributed by atoms with Crippen molar-refractivity contribution in [3.05, 3.63) is 45.0 Å². The molecule has 2 bridgehead atoms. The molecule has 0 aromatic carbocycles. The number of fused-ring (bicyclic) bond motifs is 5. The molecule has 134 valence electrons. The van der Waals surface area contributed by atoms with E-state index in [-0.39, 0.29) is 5.03 Å². The average Bonchev–Trinajstić information content (AvgIpc) is 3.12. The molecule has 2 saturated carbocycles. The van der Waals surface area contributed by atoms with Crippen LogP contribution in [0.15, 0.2) is 50.0 Å². The third kappa shape index (κ3) is 3.43. The van der Waals surface area contributed by atoms with Gasteiger partial charge in [-0.05, 0) is 61.7 Å². The normalized spacial score (nSPS) is 26.6. The Kier molecular flexibility index (Phi) is 5.13. The molecule has 2 aliphatic carbocycles. The zero-order valence-electron chi connectivity index (χ0n) is 14.4. The first-order valence-electron chi connectivity index (χ1n) is 8.62. The number of carboxylic acid groups (broad SMARTS) is 1. The van der Waals surface area contributed by atoms with Gasteiger partial charge >= 0.3 is 5.97 Å². The first-order chi connectivity index (χ1) is 11.9. The van der Waals surface area contributed by atoms with Crippen molar-refractivity contribution in [2.45, 2.75) is 39.5 Å². The summed E-state index contributed by atoms with van der Waals surface area (Å²) < 4.78 is 13.3. The van der Waals surface area contributed by atoms with Crippen LogP contribution in [0.4, 0.5) is 4.39 Å². The molecule has 6 heteroatoms. The van der Waals surface area contributed by atoms with Crippen LogP contribution >= 0.6 is 11.6 Å². The summed E-state index contributed by atoms with van der Waals surface area (Å²) in [6.45, 7) is 3.67. The van der Waals surface area contributed by atoms with E-state index in [1.54, 1.807) is 6.08 Å². The maximum atomic E-state index is 13.3. The molecule has 0 aromatic heterocycles. The summed E-state index contributed by atoms with van der Waals surface area (Å²) in [7, 11) is 0. The van der Waals surface area contributed by atoms with Gasteiger partial charge in [-0.25, -0.2) is 9.18 Å². The molecule has 2 unspecified atom stereocenters. The van der Waals surface area contributed by atoms with Crippen LogP contribution in [-0.2, 0) is 4.79 Å². The van der Waals surface area contributed by atoms with Crippen molar-refractivity contribution in [3.8, 4) is 0 Å². The Hall–Kier alpha value is -1.88. The molecule has 4 nitrogen and oxygen atoms in total. The number of nitrogens with zero attached hydrogens (tertiary/aromatic N) is 1. The van der Waals surface area contributed by atoms with Gasteiger partial charge in [-0.2, -0.15) is 0 Å². The highest BCUT2D eigenvalue weighted by atomic mass is 35.5. The van der Waals surface area contributed by atoms with Crippen LogP contribution in [0.3, 0.4) is 0 Å². The average molecular weight is 365 g/mol. The van der Waals surface area contributed by atoms with E-state index in [1.165, 1.54) is 13.1 Å². The molecule has 3 aliphatic rings. The largest absolute Gasteiger partial charge is 0.478 e. The summed E-state index contributed by atoms with van der Waals surface area (Å²) >= 11 is 5.93. The SMILES string of the molecule is CC/C(=C\C(Cl)=C(/C)F)NC1=C2C(=C(C(=O)O)C=NC1)C1CCC2C1. The lowest BCUT2D eigenvalue weighted by molar-refractivity contribution is -0.132. The zero-order chi connectivity index (χ0) is 18.1. The second-order valence-electron chi connectivity index (χ2n) is 6.73. The van der Waals surface area contributed by atoms with Gasteiger partial charge in [0.25, 0.3) is 0 Å². The van der Waals surface area contributed by atoms with E-state index in [0.717, 1.165) is 41.8 Å². The molecule has 0 spiro atoms. The molecule has 0 aromatic rings. The number of allylic oxidation sites excluding steroid dienone is 6. The lowest BCUT2D eigenvalue weighted by Crippen LogP contribution is -2.20. The highest BCUT2D eigenvalue weighted by Gasteiger charge is 2.44. The van der Waals surface area contributed by atoms with Crippen molar-refractivity contribution in [1.29, 1.82) is 0 Å². The van der Waals surface area contributed by atoms with Gasteiger partial charge in [0.15, 0.2) is 0 Å². The number of rotatable bonds is 5. The summed E-state index contributed by atoms with van der Waals surface area (Å²) in [5.74, 6) is -0.668. The number of nitrogens with one attached hydrogen (secondary N) is 1. The van der Waals surface area contributed by atoms with Gasteiger partial charge in [0.2, 0.25) is 0 Å². The minimum Gasteiger partial charge on any atom is -0.478 e. The second kappa shape index (κ2) is 7.16. The maximum Gasteiger partial charge on any atom is 0.337 e. The van der Waals surface area contributed by atoms with Crippen LogP contribution in [0.2, 0.25) is 0 Å². The van der Waals surface area contributed by atoms with Crippen LogP contribution in [0, 0.1) is 11.8 Å². The van der Waals surface area contributed by atoms with Crippen LogP contribution in [0.1, 0.15) is 39.5 Å². The quantitative estimate of drug-likeness (QED) is 0.708. The number of carboxylic acids is 1.